The lowest BCUT2D eigenvalue weighted by molar-refractivity contribution is 0.319. The van der Waals surface area contributed by atoms with E-state index in [4.69, 9.17) is 4.74 Å². The van der Waals surface area contributed by atoms with Gasteiger partial charge in [-0.05, 0) is 43.7 Å². The highest BCUT2D eigenvalue weighted by Crippen LogP contribution is 2.30. The van der Waals surface area contributed by atoms with Crippen LogP contribution in [0, 0.1) is 11.7 Å². The summed E-state index contributed by atoms with van der Waals surface area (Å²) in [7, 11) is 1.50. The summed E-state index contributed by atoms with van der Waals surface area (Å²) in [5.74, 6) is 0.912. The van der Waals surface area contributed by atoms with Crippen molar-refractivity contribution < 1.29 is 9.13 Å². The van der Waals surface area contributed by atoms with Gasteiger partial charge >= 0.3 is 0 Å². The van der Waals surface area contributed by atoms with Crippen LogP contribution in [0.1, 0.15) is 45.4 Å². The zero-order valence-corrected chi connectivity index (χ0v) is 11.9. The van der Waals surface area contributed by atoms with Gasteiger partial charge in [0.2, 0.25) is 0 Å². The summed E-state index contributed by atoms with van der Waals surface area (Å²) in [6.45, 7) is 2.26. The van der Waals surface area contributed by atoms with E-state index in [2.05, 4.69) is 12.2 Å². The molecule has 3 heteroatoms. The first-order valence-corrected chi connectivity index (χ1v) is 7.33. The quantitative estimate of drug-likeness (QED) is 0.839. The van der Waals surface area contributed by atoms with Crippen LogP contribution in [0.3, 0.4) is 0 Å². The van der Waals surface area contributed by atoms with Gasteiger partial charge in [-0.3, -0.25) is 0 Å². The Kier molecular flexibility index (Phi) is 5.06. The van der Waals surface area contributed by atoms with Crippen LogP contribution < -0.4 is 10.1 Å². The highest BCUT2D eigenvalue weighted by atomic mass is 19.1. The van der Waals surface area contributed by atoms with Gasteiger partial charge in [0, 0.05) is 17.8 Å². The summed E-state index contributed by atoms with van der Waals surface area (Å²) in [6, 6.07) is 5.51. The lowest BCUT2D eigenvalue weighted by Crippen LogP contribution is -2.26. The minimum absolute atomic E-state index is 0.306. The zero-order valence-electron chi connectivity index (χ0n) is 11.9. The second kappa shape index (κ2) is 6.78. The summed E-state index contributed by atoms with van der Waals surface area (Å²) in [5, 5.41) is 3.50. The fourth-order valence-electron chi connectivity index (χ4n) is 2.99. The molecule has 1 saturated carbocycles. The third-order valence-corrected chi connectivity index (χ3v) is 4.07. The molecule has 1 aromatic carbocycles. The predicted octanol–water partition coefficient (Wildman–Crippen LogP) is 4.61. The first kappa shape index (κ1) is 14.2. The average molecular weight is 265 g/mol. The van der Waals surface area contributed by atoms with Gasteiger partial charge in [0.1, 0.15) is 0 Å². The van der Waals surface area contributed by atoms with Gasteiger partial charge < -0.3 is 10.1 Å². The Morgan fingerprint density at radius 2 is 2.00 bits per heavy atom. The van der Waals surface area contributed by atoms with Crippen LogP contribution >= 0.6 is 0 Å². The SMILES string of the molecule is CCCC1CCC(Nc2ccc(F)c(OC)c2)CC1. The van der Waals surface area contributed by atoms with Gasteiger partial charge in [-0.2, -0.15) is 0 Å². The number of hydrogen-bond donors (Lipinski definition) is 1. The predicted molar refractivity (Wildman–Crippen MR) is 77.2 cm³/mol. The van der Waals surface area contributed by atoms with Crippen molar-refractivity contribution in [3.63, 3.8) is 0 Å². The third-order valence-electron chi connectivity index (χ3n) is 4.07. The Balaban J connectivity index is 1.88. The molecule has 0 heterocycles. The summed E-state index contributed by atoms with van der Waals surface area (Å²) < 4.78 is 18.3. The normalized spacial score (nSPS) is 23.1. The molecule has 2 rings (SSSR count). The Bertz CT molecular complexity index is 400. The molecule has 0 aromatic heterocycles. The van der Waals surface area contributed by atoms with E-state index in [9.17, 15) is 4.39 Å². The summed E-state index contributed by atoms with van der Waals surface area (Å²) in [5.41, 5.74) is 0.956. The van der Waals surface area contributed by atoms with Crippen LogP contribution in [0.25, 0.3) is 0 Å². The fourth-order valence-corrected chi connectivity index (χ4v) is 2.99. The molecular formula is C16H24FNO. The summed E-state index contributed by atoms with van der Waals surface area (Å²) in [6.07, 6.45) is 7.69. The maximum absolute atomic E-state index is 13.3. The van der Waals surface area contributed by atoms with E-state index < -0.39 is 0 Å². The summed E-state index contributed by atoms with van der Waals surface area (Å²) >= 11 is 0. The molecule has 0 spiro atoms. The minimum atomic E-state index is -0.306. The van der Waals surface area contributed by atoms with Crippen molar-refractivity contribution in [2.24, 2.45) is 5.92 Å². The molecule has 19 heavy (non-hydrogen) atoms. The molecule has 0 atom stereocenters. The van der Waals surface area contributed by atoms with E-state index in [1.54, 1.807) is 12.1 Å². The topological polar surface area (TPSA) is 21.3 Å². The second-order valence-corrected chi connectivity index (χ2v) is 5.50. The van der Waals surface area contributed by atoms with E-state index in [0.29, 0.717) is 11.8 Å². The van der Waals surface area contributed by atoms with Crippen molar-refractivity contribution in [2.75, 3.05) is 12.4 Å². The van der Waals surface area contributed by atoms with E-state index in [1.807, 2.05) is 0 Å². The van der Waals surface area contributed by atoms with Crippen LogP contribution in [0.4, 0.5) is 10.1 Å². The maximum atomic E-state index is 13.3. The van der Waals surface area contributed by atoms with Crippen molar-refractivity contribution in [2.45, 2.75) is 51.5 Å². The molecule has 1 aromatic rings. The van der Waals surface area contributed by atoms with Crippen molar-refractivity contribution in [1.82, 2.24) is 0 Å². The zero-order chi connectivity index (χ0) is 13.7. The number of benzene rings is 1. The lowest BCUT2D eigenvalue weighted by atomic mass is 9.83. The van der Waals surface area contributed by atoms with Gasteiger partial charge in [-0.15, -0.1) is 0 Å². The maximum Gasteiger partial charge on any atom is 0.165 e. The molecule has 0 amide bonds. The number of methoxy groups -OCH3 is 1. The first-order chi connectivity index (χ1) is 9.22. The molecule has 0 saturated heterocycles. The smallest absolute Gasteiger partial charge is 0.165 e. The Morgan fingerprint density at radius 1 is 1.26 bits per heavy atom. The number of halogens is 1. The van der Waals surface area contributed by atoms with Crippen LogP contribution in [0.2, 0.25) is 0 Å². The van der Waals surface area contributed by atoms with Crippen molar-refractivity contribution in [1.29, 1.82) is 0 Å². The molecule has 0 aliphatic heterocycles. The largest absolute Gasteiger partial charge is 0.494 e. The number of anilines is 1. The molecule has 2 nitrogen and oxygen atoms in total. The Hall–Kier alpha value is -1.25. The number of rotatable bonds is 5. The Morgan fingerprint density at radius 3 is 2.63 bits per heavy atom. The average Bonchev–Trinajstić information content (AvgIpc) is 2.43. The number of hydrogen-bond acceptors (Lipinski definition) is 2. The number of nitrogens with one attached hydrogen (secondary N) is 1. The standard InChI is InChI=1S/C16H24FNO/c1-3-4-12-5-7-13(8-6-12)18-14-9-10-15(17)16(11-14)19-2/h9-13,18H,3-8H2,1-2H3. The van der Waals surface area contributed by atoms with Crippen LogP contribution in [0.5, 0.6) is 5.75 Å². The fraction of sp³-hybridized carbons (Fsp3) is 0.625. The second-order valence-electron chi connectivity index (χ2n) is 5.50. The molecule has 0 bridgehead atoms. The number of ether oxygens (including phenoxy) is 1. The first-order valence-electron chi connectivity index (χ1n) is 7.33. The lowest BCUT2D eigenvalue weighted by Gasteiger charge is -2.29. The molecule has 0 radical (unpaired) electrons. The van der Waals surface area contributed by atoms with Gasteiger partial charge in [0.25, 0.3) is 0 Å². The highest BCUT2D eigenvalue weighted by Gasteiger charge is 2.20. The molecule has 1 N–H and O–H groups in total. The summed E-state index contributed by atoms with van der Waals surface area (Å²) in [4.78, 5) is 0. The van der Waals surface area contributed by atoms with Crippen LogP contribution in [-0.2, 0) is 0 Å². The van der Waals surface area contributed by atoms with Crippen molar-refractivity contribution >= 4 is 5.69 Å². The van der Waals surface area contributed by atoms with Crippen LogP contribution in [0.15, 0.2) is 18.2 Å². The van der Waals surface area contributed by atoms with Gasteiger partial charge in [-0.1, -0.05) is 19.8 Å². The van der Waals surface area contributed by atoms with Crippen LogP contribution in [-0.4, -0.2) is 13.2 Å². The van der Waals surface area contributed by atoms with Crippen molar-refractivity contribution in [3.8, 4) is 5.75 Å². The minimum Gasteiger partial charge on any atom is -0.494 e. The van der Waals surface area contributed by atoms with Gasteiger partial charge in [-0.25, -0.2) is 4.39 Å². The van der Waals surface area contributed by atoms with E-state index in [0.717, 1.165) is 11.6 Å². The van der Waals surface area contributed by atoms with E-state index in [-0.39, 0.29) is 5.82 Å². The molecule has 1 aliphatic carbocycles. The van der Waals surface area contributed by atoms with Gasteiger partial charge in [0.05, 0.1) is 7.11 Å². The van der Waals surface area contributed by atoms with E-state index in [1.165, 1.54) is 51.7 Å². The Labute approximate surface area is 115 Å². The van der Waals surface area contributed by atoms with E-state index >= 15 is 0 Å². The monoisotopic (exact) mass is 265 g/mol. The highest BCUT2D eigenvalue weighted by molar-refractivity contribution is 5.49. The molecule has 106 valence electrons. The molecular weight excluding hydrogens is 241 g/mol. The van der Waals surface area contributed by atoms with Gasteiger partial charge in [0.15, 0.2) is 11.6 Å². The molecule has 0 unspecified atom stereocenters. The van der Waals surface area contributed by atoms with Crippen molar-refractivity contribution in [3.05, 3.63) is 24.0 Å². The molecule has 1 fully saturated rings. The third kappa shape index (κ3) is 3.85. The molecule has 1 aliphatic rings.